The summed E-state index contributed by atoms with van der Waals surface area (Å²) < 4.78 is 13.1. The lowest BCUT2D eigenvalue weighted by atomic mass is 9.78. The Morgan fingerprint density at radius 1 is 1.14 bits per heavy atom. The molecule has 21 heavy (non-hydrogen) atoms. The van der Waals surface area contributed by atoms with Gasteiger partial charge in [0.2, 0.25) is 0 Å². The van der Waals surface area contributed by atoms with Crippen molar-refractivity contribution in [3.63, 3.8) is 0 Å². The standard InChI is InChI=1S/C19H30FN/c1-4-5-6-19(16-8-10-17(20)11-9-16)21-18-12-7-14(2)15(3)13-18/h8-11,14-15,18-19,21H,4-7,12-13H2,1-3H3. The van der Waals surface area contributed by atoms with Crippen molar-refractivity contribution in [2.75, 3.05) is 0 Å². The fourth-order valence-electron chi connectivity index (χ4n) is 3.43. The second-order valence-electron chi connectivity index (χ2n) is 6.88. The lowest BCUT2D eigenvalue weighted by molar-refractivity contribution is 0.212. The van der Waals surface area contributed by atoms with Gasteiger partial charge in [-0.2, -0.15) is 0 Å². The van der Waals surface area contributed by atoms with E-state index in [1.54, 1.807) is 12.1 Å². The third-order valence-electron chi connectivity index (χ3n) is 5.15. The van der Waals surface area contributed by atoms with Gasteiger partial charge in [0.15, 0.2) is 0 Å². The highest BCUT2D eigenvalue weighted by molar-refractivity contribution is 5.20. The molecule has 0 aliphatic heterocycles. The molecule has 0 spiro atoms. The Bertz CT molecular complexity index is 414. The van der Waals surface area contributed by atoms with Crippen LogP contribution in [0, 0.1) is 17.7 Å². The molecular weight excluding hydrogens is 261 g/mol. The summed E-state index contributed by atoms with van der Waals surface area (Å²) in [4.78, 5) is 0. The highest BCUT2D eigenvalue weighted by atomic mass is 19.1. The molecule has 0 saturated heterocycles. The van der Waals surface area contributed by atoms with Crippen molar-refractivity contribution in [2.24, 2.45) is 11.8 Å². The molecule has 2 heteroatoms. The Hall–Kier alpha value is -0.890. The van der Waals surface area contributed by atoms with E-state index in [0.717, 1.165) is 18.3 Å². The maximum atomic E-state index is 13.1. The summed E-state index contributed by atoms with van der Waals surface area (Å²) in [5.74, 6) is 1.51. The number of hydrogen-bond donors (Lipinski definition) is 1. The van der Waals surface area contributed by atoms with E-state index < -0.39 is 0 Å². The van der Waals surface area contributed by atoms with Crippen LogP contribution < -0.4 is 5.32 Å². The minimum atomic E-state index is -0.145. The number of benzene rings is 1. The molecule has 4 unspecified atom stereocenters. The number of unbranched alkanes of at least 4 members (excludes halogenated alkanes) is 1. The van der Waals surface area contributed by atoms with Gasteiger partial charge in [-0.1, -0.05) is 45.7 Å². The summed E-state index contributed by atoms with van der Waals surface area (Å²) >= 11 is 0. The molecule has 2 rings (SSSR count). The van der Waals surface area contributed by atoms with E-state index >= 15 is 0 Å². The molecule has 0 bridgehead atoms. The van der Waals surface area contributed by atoms with E-state index in [4.69, 9.17) is 0 Å². The molecule has 0 aromatic heterocycles. The molecule has 4 atom stereocenters. The fourth-order valence-corrected chi connectivity index (χ4v) is 3.43. The summed E-state index contributed by atoms with van der Waals surface area (Å²) in [6, 6.07) is 8.04. The second-order valence-corrected chi connectivity index (χ2v) is 6.88. The Morgan fingerprint density at radius 3 is 2.48 bits per heavy atom. The first-order chi connectivity index (χ1) is 10.1. The molecule has 1 aliphatic rings. The van der Waals surface area contributed by atoms with Crippen molar-refractivity contribution >= 4 is 0 Å². The highest BCUT2D eigenvalue weighted by Crippen LogP contribution is 2.31. The Labute approximate surface area is 129 Å². The first kappa shape index (κ1) is 16.5. The van der Waals surface area contributed by atoms with Crippen molar-refractivity contribution < 1.29 is 4.39 Å². The fraction of sp³-hybridized carbons (Fsp3) is 0.684. The lowest BCUT2D eigenvalue weighted by Crippen LogP contribution is -2.38. The van der Waals surface area contributed by atoms with Crippen LogP contribution in [0.5, 0.6) is 0 Å². The maximum absolute atomic E-state index is 13.1. The lowest BCUT2D eigenvalue weighted by Gasteiger charge is -2.35. The largest absolute Gasteiger partial charge is 0.307 e. The summed E-state index contributed by atoms with van der Waals surface area (Å²) in [6.45, 7) is 6.97. The smallest absolute Gasteiger partial charge is 0.123 e. The number of nitrogens with one attached hydrogen (secondary N) is 1. The van der Waals surface area contributed by atoms with Crippen LogP contribution in [0.1, 0.15) is 70.9 Å². The van der Waals surface area contributed by atoms with E-state index in [9.17, 15) is 4.39 Å². The molecule has 118 valence electrons. The molecule has 1 aromatic carbocycles. The normalized spacial score (nSPS) is 27.5. The number of hydrogen-bond acceptors (Lipinski definition) is 1. The average Bonchev–Trinajstić information content (AvgIpc) is 2.48. The molecule has 0 amide bonds. The van der Waals surface area contributed by atoms with E-state index in [-0.39, 0.29) is 5.82 Å². The SMILES string of the molecule is CCCCC(NC1CCC(C)C(C)C1)c1ccc(F)cc1. The van der Waals surface area contributed by atoms with Crippen LogP contribution in [0.3, 0.4) is 0 Å². The number of rotatable bonds is 6. The van der Waals surface area contributed by atoms with Gasteiger partial charge in [0.1, 0.15) is 5.82 Å². The average molecular weight is 291 g/mol. The van der Waals surface area contributed by atoms with Crippen LogP contribution >= 0.6 is 0 Å². The Kier molecular flexibility index (Phi) is 6.22. The molecule has 1 fully saturated rings. The number of halogens is 1. The molecular formula is C19H30FN. The van der Waals surface area contributed by atoms with E-state index in [0.29, 0.717) is 12.1 Å². The van der Waals surface area contributed by atoms with E-state index in [2.05, 4.69) is 26.1 Å². The summed E-state index contributed by atoms with van der Waals surface area (Å²) in [6.07, 6.45) is 7.43. The van der Waals surface area contributed by atoms with Crippen molar-refractivity contribution in [3.8, 4) is 0 Å². The van der Waals surface area contributed by atoms with E-state index in [1.165, 1.54) is 37.7 Å². The highest BCUT2D eigenvalue weighted by Gasteiger charge is 2.26. The Balaban J connectivity index is 2.00. The molecule has 0 heterocycles. The minimum Gasteiger partial charge on any atom is -0.307 e. The van der Waals surface area contributed by atoms with Gasteiger partial charge >= 0.3 is 0 Å². The molecule has 1 N–H and O–H groups in total. The topological polar surface area (TPSA) is 12.0 Å². The van der Waals surface area contributed by atoms with Crippen LogP contribution in [-0.4, -0.2) is 6.04 Å². The predicted octanol–water partition coefficient (Wildman–Crippen LogP) is 5.47. The van der Waals surface area contributed by atoms with Crippen molar-refractivity contribution in [3.05, 3.63) is 35.6 Å². The summed E-state index contributed by atoms with van der Waals surface area (Å²) in [5, 5.41) is 3.86. The van der Waals surface area contributed by atoms with Crippen molar-refractivity contribution in [2.45, 2.75) is 71.4 Å². The van der Waals surface area contributed by atoms with Gasteiger partial charge in [0.25, 0.3) is 0 Å². The predicted molar refractivity (Wildman–Crippen MR) is 87.8 cm³/mol. The van der Waals surface area contributed by atoms with Gasteiger partial charge in [-0.05, 0) is 55.2 Å². The third kappa shape index (κ3) is 4.81. The Morgan fingerprint density at radius 2 is 1.86 bits per heavy atom. The van der Waals surface area contributed by atoms with Gasteiger partial charge < -0.3 is 5.32 Å². The first-order valence-electron chi connectivity index (χ1n) is 8.61. The van der Waals surface area contributed by atoms with Crippen LogP contribution in [-0.2, 0) is 0 Å². The quantitative estimate of drug-likeness (QED) is 0.732. The first-order valence-corrected chi connectivity index (χ1v) is 8.61. The van der Waals surface area contributed by atoms with Gasteiger partial charge in [-0.3, -0.25) is 0 Å². The maximum Gasteiger partial charge on any atom is 0.123 e. The molecule has 0 radical (unpaired) electrons. The monoisotopic (exact) mass is 291 g/mol. The van der Waals surface area contributed by atoms with Gasteiger partial charge in [0, 0.05) is 12.1 Å². The zero-order chi connectivity index (χ0) is 15.2. The van der Waals surface area contributed by atoms with Gasteiger partial charge in [-0.15, -0.1) is 0 Å². The third-order valence-corrected chi connectivity index (χ3v) is 5.15. The van der Waals surface area contributed by atoms with Crippen molar-refractivity contribution in [1.82, 2.24) is 5.32 Å². The second kappa shape index (κ2) is 7.93. The molecule has 1 nitrogen and oxygen atoms in total. The van der Waals surface area contributed by atoms with Gasteiger partial charge in [0.05, 0.1) is 0 Å². The van der Waals surface area contributed by atoms with E-state index in [1.807, 2.05) is 12.1 Å². The minimum absolute atomic E-state index is 0.145. The van der Waals surface area contributed by atoms with Crippen molar-refractivity contribution in [1.29, 1.82) is 0 Å². The van der Waals surface area contributed by atoms with Crippen LogP contribution in [0.25, 0.3) is 0 Å². The van der Waals surface area contributed by atoms with Crippen LogP contribution in [0.15, 0.2) is 24.3 Å². The zero-order valence-corrected chi connectivity index (χ0v) is 13.7. The summed E-state index contributed by atoms with van der Waals surface area (Å²) in [7, 11) is 0. The zero-order valence-electron chi connectivity index (χ0n) is 13.7. The van der Waals surface area contributed by atoms with Crippen LogP contribution in [0.2, 0.25) is 0 Å². The van der Waals surface area contributed by atoms with Gasteiger partial charge in [-0.25, -0.2) is 4.39 Å². The molecule has 1 aromatic rings. The molecule has 1 aliphatic carbocycles. The molecule has 1 saturated carbocycles. The summed E-state index contributed by atoms with van der Waals surface area (Å²) in [5.41, 5.74) is 1.23. The van der Waals surface area contributed by atoms with Crippen LogP contribution in [0.4, 0.5) is 4.39 Å².